The number of nitrogens with zero attached hydrogens (tertiary/aromatic N) is 3. The number of fused-ring (bicyclic) bond motifs is 3. The number of hydrogen-bond acceptors (Lipinski definition) is 9. The van der Waals surface area contributed by atoms with Crippen LogP contribution in [0.4, 0.5) is 17.1 Å². The van der Waals surface area contributed by atoms with E-state index in [4.69, 9.17) is 0 Å². The summed E-state index contributed by atoms with van der Waals surface area (Å²) in [6.45, 7) is 15.1. The summed E-state index contributed by atoms with van der Waals surface area (Å²) in [6.07, 6.45) is 12.5. The maximum Gasteiger partial charge on any atom is 0.0632 e. The van der Waals surface area contributed by atoms with Crippen molar-refractivity contribution in [2.75, 3.05) is 16.3 Å². The SMILES string of the molecule is Cc1ccc2c(c1)NN(NCc1c(C)c(CNN3C=Cc4ccc(C)cc4N3)c(C)c(CNN3C=Cc4ccc(C)cc4N3)c1C)C=C2. The fourth-order valence-electron chi connectivity index (χ4n) is 6.66. The van der Waals surface area contributed by atoms with Gasteiger partial charge in [0.25, 0.3) is 0 Å². The van der Waals surface area contributed by atoms with Crippen LogP contribution in [0, 0.1) is 41.5 Å². The Kier molecular flexibility index (Phi) is 8.58. The average Bonchev–Trinajstić information content (AvgIpc) is 3.07. The minimum Gasteiger partial charge on any atom is -0.284 e. The fraction of sp³-hybridized carbons (Fsp3) is 0.231. The molecule has 0 saturated carbocycles. The van der Waals surface area contributed by atoms with Crippen LogP contribution >= 0.6 is 0 Å². The van der Waals surface area contributed by atoms with Crippen LogP contribution in [0.25, 0.3) is 18.2 Å². The van der Waals surface area contributed by atoms with E-state index in [9.17, 15) is 0 Å². The summed E-state index contributed by atoms with van der Waals surface area (Å²) >= 11 is 0. The number of nitrogens with one attached hydrogen (secondary N) is 6. The number of rotatable bonds is 9. The molecule has 0 radical (unpaired) electrons. The second kappa shape index (κ2) is 13.1. The van der Waals surface area contributed by atoms with E-state index in [1.807, 2.05) is 34.0 Å². The maximum atomic E-state index is 3.62. The third-order valence-electron chi connectivity index (χ3n) is 9.55. The van der Waals surface area contributed by atoms with Gasteiger partial charge < -0.3 is 0 Å². The monoisotopic (exact) mass is 639 g/mol. The van der Waals surface area contributed by atoms with Crippen LogP contribution in [0.2, 0.25) is 0 Å². The van der Waals surface area contributed by atoms with E-state index in [-0.39, 0.29) is 0 Å². The molecule has 7 rings (SSSR count). The van der Waals surface area contributed by atoms with Crippen molar-refractivity contribution in [3.05, 3.63) is 140 Å². The number of anilines is 3. The average molecular weight is 640 g/mol. The number of benzene rings is 4. The Balaban J connectivity index is 1.13. The largest absolute Gasteiger partial charge is 0.284 e. The van der Waals surface area contributed by atoms with Crippen LogP contribution in [0.1, 0.15) is 66.8 Å². The van der Waals surface area contributed by atoms with Crippen molar-refractivity contribution in [3.8, 4) is 0 Å². The summed E-state index contributed by atoms with van der Waals surface area (Å²) in [5, 5.41) is 5.88. The molecule has 48 heavy (non-hydrogen) atoms. The van der Waals surface area contributed by atoms with Gasteiger partial charge in [-0.25, -0.2) is 31.6 Å². The standard InChI is InChI=1S/C39H45N9/c1-25-7-10-31-13-16-46(43-37(31)19-25)40-22-34-28(4)35(23-41-47-17-14-32-11-8-26(2)20-38(32)44-47)30(6)36(29(34)5)24-42-48-18-15-33-12-9-27(3)21-39(33)45-48/h7-21,40-45H,22-24H2,1-6H3. The van der Waals surface area contributed by atoms with Gasteiger partial charge in [0.2, 0.25) is 0 Å². The molecule has 9 heteroatoms. The van der Waals surface area contributed by atoms with E-state index >= 15 is 0 Å². The molecular formula is C39H45N9. The Bertz CT molecular complexity index is 1710. The van der Waals surface area contributed by atoms with Gasteiger partial charge in [0.05, 0.1) is 17.1 Å². The van der Waals surface area contributed by atoms with Crippen molar-refractivity contribution in [1.82, 2.24) is 31.6 Å². The Labute approximate surface area is 283 Å². The van der Waals surface area contributed by atoms with Crippen LogP contribution in [0.3, 0.4) is 0 Å². The third kappa shape index (κ3) is 6.48. The van der Waals surface area contributed by atoms with Gasteiger partial charge in [-0.2, -0.15) is 0 Å². The summed E-state index contributed by atoms with van der Waals surface area (Å²) in [6, 6.07) is 19.4. The van der Waals surface area contributed by atoms with Gasteiger partial charge >= 0.3 is 0 Å². The van der Waals surface area contributed by atoms with Crippen molar-refractivity contribution in [2.24, 2.45) is 0 Å². The zero-order chi connectivity index (χ0) is 33.4. The van der Waals surface area contributed by atoms with Crippen LogP contribution in [-0.2, 0) is 19.6 Å². The minimum atomic E-state index is 0.666. The van der Waals surface area contributed by atoms with Gasteiger partial charge in [-0.1, -0.05) is 36.4 Å². The van der Waals surface area contributed by atoms with Crippen molar-refractivity contribution in [3.63, 3.8) is 0 Å². The Morgan fingerprint density at radius 3 is 1.02 bits per heavy atom. The lowest BCUT2D eigenvalue weighted by Gasteiger charge is -2.32. The first-order chi connectivity index (χ1) is 23.2. The molecular weight excluding hydrogens is 594 g/mol. The Morgan fingerprint density at radius 2 is 0.729 bits per heavy atom. The molecule has 0 atom stereocenters. The van der Waals surface area contributed by atoms with Crippen molar-refractivity contribution in [1.29, 1.82) is 0 Å². The predicted octanol–water partition coefficient (Wildman–Crippen LogP) is 7.49. The van der Waals surface area contributed by atoms with Crippen molar-refractivity contribution in [2.45, 2.75) is 61.2 Å². The molecule has 3 aliphatic rings. The first-order valence-corrected chi connectivity index (χ1v) is 16.6. The highest BCUT2D eigenvalue weighted by Crippen LogP contribution is 2.30. The first kappa shape index (κ1) is 31.4. The summed E-state index contributed by atoms with van der Waals surface area (Å²) in [4.78, 5) is 0. The highest BCUT2D eigenvalue weighted by Gasteiger charge is 2.20. The van der Waals surface area contributed by atoms with Crippen LogP contribution in [-0.4, -0.2) is 15.4 Å². The first-order valence-electron chi connectivity index (χ1n) is 16.6. The molecule has 3 heterocycles. The summed E-state index contributed by atoms with van der Waals surface area (Å²) in [7, 11) is 0. The fourth-order valence-corrected chi connectivity index (χ4v) is 6.66. The van der Waals surface area contributed by atoms with Gasteiger partial charge in [0, 0.05) is 54.9 Å². The summed E-state index contributed by atoms with van der Waals surface area (Å²) in [5.41, 5.74) is 39.6. The zero-order valence-electron chi connectivity index (χ0n) is 28.6. The summed E-state index contributed by atoms with van der Waals surface area (Å²) < 4.78 is 0. The maximum absolute atomic E-state index is 3.62. The quantitative estimate of drug-likeness (QED) is 0.112. The molecule has 0 bridgehead atoms. The molecule has 4 aromatic carbocycles. The Hall–Kier alpha value is -5.22. The third-order valence-corrected chi connectivity index (χ3v) is 9.55. The van der Waals surface area contributed by atoms with Gasteiger partial charge in [-0.05, 0) is 128 Å². The van der Waals surface area contributed by atoms with E-state index in [1.165, 1.54) is 66.8 Å². The van der Waals surface area contributed by atoms with Crippen molar-refractivity contribution >= 4 is 35.3 Å². The van der Waals surface area contributed by atoms with E-state index in [0.29, 0.717) is 19.6 Å². The molecule has 246 valence electrons. The zero-order valence-corrected chi connectivity index (χ0v) is 28.6. The second-order valence-corrected chi connectivity index (χ2v) is 13.0. The van der Waals surface area contributed by atoms with Crippen LogP contribution in [0.15, 0.2) is 73.2 Å². The van der Waals surface area contributed by atoms with Gasteiger partial charge in [0.15, 0.2) is 0 Å². The molecule has 6 N–H and O–H groups in total. The molecule has 0 spiro atoms. The predicted molar refractivity (Wildman–Crippen MR) is 198 cm³/mol. The molecule has 0 amide bonds. The second-order valence-electron chi connectivity index (χ2n) is 13.0. The normalized spacial score (nSPS) is 14.2. The molecule has 0 aliphatic carbocycles. The number of hydrazine groups is 6. The Morgan fingerprint density at radius 1 is 0.438 bits per heavy atom. The van der Waals surface area contributed by atoms with E-state index in [0.717, 1.165) is 17.1 Å². The smallest absolute Gasteiger partial charge is 0.0632 e. The van der Waals surface area contributed by atoms with Gasteiger partial charge in [0.1, 0.15) is 0 Å². The van der Waals surface area contributed by atoms with E-state index in [1.54, 1.807) is 0 Å². The van der Waals surface area contributed by atoms with E-state index in [2.05, 4.69) is 147 Å². The molecule has 0 fully saturated rings. The van der Waals surface area contributed by atoms with Gasteiger partial charge in [-0.15, -0.1) is 0 Å². The van der Waals surface area contributed by atoms with Crippen molar-refractivity contribution < 1.29 is 0 Å². The summed E-state index contributed by atoms with van der Waals surface area (Å²) in [5.74, 6) is 0. The lowest BCUT2D eigenvalue weighted by molar-refractivity contribution is 0.311. The number of aryl methyl sites for hydroxylation is 3. The highest BCUT2D eigenvalue weighted by molar-refractivity contribution is 5.71. The molecule has 0 unspecified atom stereocenters. The van der Waals surface area contributed by atoms with E-state index < -0.39 is 0 Å². The molecule has 0 saturated heterocycles. The van der Waals surface area contributed by atoms with Crippen LogP contribution in [0.5, 0.6) is 0 Å². The van der Waals surface area contributed by atoms with Gasteiger partial charge in [-0.3, -0.25) is 16.3 Å². The minimum absolute atomic E-state index is 0.666. The molecule has 4 aromatic rings. The molecule has 9 nitrogen and oxygen atoms in total. The molecule has 3 aliphatic heterocycles. The molecule has 0 aromatic heterocycles. The topological polar surface area (TPSA) is 81.9 Å². The lowest BCUT2D eigenvalue weighted by atomic mass is 9.88. The van der Waals surface area contributed by atoms with Crippen LogP contribution < -0.4 is 32.6 Å². The number of hydrogen-bond donors (Lipinski definition) is 6. The highest BCUT2D eigenvalue weighted by atomic mass is 15.7. The lowest BCUT2D eigenvalue weighted by Crippen LogP contribution is -2.41.